The van der Waals surface area contributed by atoms with Crippen LogP contribution in [0.15, 0.2) is 76.9 Å². The van der Waals surface area contributed by atoms with E-state index in [-0.39, 0.29) is 11.4 Å². The Morgan fingerprint density at radius 3 is 2.79 bits per heavy atom. The highest BCUT2D eigenvalue weighted by atomic mass is 32.2. The molecular weight excluding hydrogens is 436 g/mol. The number of carbonyl (C=O) groups excluding carboxylic acids is 1. The van der Waals surface area contributed by atoms with E-state index in [1.807, 2.05) is 61.5 Å². The number of rotatable bonds is 9. The predicted molar refractivity (Wildman–Crippen MR) is 133 cm³/mol. The van der Waals surface area contributed by atoms with E-state index < -0.39 is 5.91 Å². The largest absolute Gasteiger partial charge is 0.490 e. The minimum absolute atomic E-state index is 0.0267. The Morgan fingerprint density at radius 2 is 1.97 bits per heavy atom. The molecule has 2 aliphatic heterocycles. The molecule has 0 atom stereocenters. The molecule has 2 aliphatic rings. The zero-order valence-corrected chi connectivity index (χ0v) is 19.1. The topological polar surface area (TPSA) is 87.3 Å². The van der Waals surface area contributed by atoms with Crippen LogP contribution >= 0.6 is 11.8 Å². The molecule has 0 aromatic heterocycles. The van der Waals surface area contributed by atoms with Gasteiger partial charge in [-0.15, -0.1) is 6.58 Å². The quantitative estimate of drug-likeness (QED) is 0.327. The maximum Gasteiger partial charge on any atom is 0.283 e. The molecule has 0 aliphatic carbocycles. The molecule has 1 N–H and O–H groups in total. The van der Waals surface area contributed by atoms with Gasteiger partial charge in [-0.2, -0.15) is 15.1 Å². The first-order valence-electron chi connectivity index (χ1n) is 10.6. The summed E-state index contributed by atoms with van der Waals surface area (Å²) in [5.74, 6) is 1.06. The molecule has 0 fully saturated rings. The SMILES string of the molecule is C=CCc1ccccc1OCCOc1cccc(/C=C2\C(=N)N3N=C(CC)SC3=NC2=O)c1. The third kappa shape index (κ3) is 5.23. The molecular formula is C25H24N4O3S. The summed E-state index contributed by atoms with van der Waals surface area (Å²) >= 11 is 1.33. The van der Waals surface area contributed by atoms with Crippen LogP contribution in [0, 0.1) is 5.41 Å². The lowest BCUT2D eigenvalue weighted by Crippen LogP contribution is -2.35. The molecule has 1 amide bonds. The minimum atomic E-state index is -0.441. The number of thioether (sulfide) groups is 1. The number of hydrazone groups is 1. The van der Waals surface area contributed by atoms with Crippen LogP contribution in [0.3, 0.4) is 0 Å². The van der Waals surface area contributed by atoms with E-state index in [0.29, 0.717) is 24.1 Å². The van der Waals surface area contributed by atoms with Crippen LogP contribution in [0.5, 0.6) is 11.5 Å². The fourth-order valence-electron chi connectivity index (χ4n) is 3.32. The fourth-order valence-corrected chi connectivity index (χ4v) is 4.14. The van der Waals surface area contributed by atoms with Crippen LogP contribution in [0.1, 0.15) is 24.5 Å². The normalized spacial score (nSPS) is 16.4. The number of para-hydroxylation sites is 1. The zero-order valence-electron chi connectivity index (χ0n) is 18.3. The summed E-state index contributed by atoms with van der Waals surface area (Å²) < 4.78 is 11.7. The molecule has 0 bridgehead atoms. The van der Waals surface area contributed by atoms with Gasteiger partial charge in [0.2, 0.25) is 5.17 Å². The predicted octanol–water partition coefficient (Wildman–Crippen LogP) is 4.90. The van der Waals surface area contributed by atoms with E-state index in [1.54, 1.807) is 6.08 Å². The van der Waals surface area contributed by atoms with Crippen molar-refractivity contribution in [1.82, 2.24) is 5.01 Å². The number of benzene rings is 2. The molecule has 2 heterocycles. The van der Waals surface area contributed by atoms with Crippen molar-refractivity contribution in [3.63, 3.8) is 0 Å². The average Bonchev–Trinajstić information content (AvgIpc) is 3.24. The Kier molecular flexibility index (Phi) is 7.04. The Morgan fingerprint density at radius 1 is 1.15 bits per heavy atom. The molecule has 2 aromatic carbocycles. The summed E-state index contributed by atoms with van der Waals surface area (Å²) in [4.78, 5) is 16.6. The lowest BCUT2D eigenvalue weighted by atomic mass is 10.1. The van der Waals surface area contributed by atoms with Gasteiger partial charge in [-0.3, -0.25) is 10.2 Å². The second-order valence-corrected chi connectivity index (χ2v) is 8.28. The van der Waals surface area contributed by atoms with Crippen molar-refractivity contribution in [2.45, 2.75) is 19.8 Å². The lowest BCUT2D eigenvalue weighted by molar-refractivity contribution is -0.114. The van der Waals surface area contributed by atoms with Crippen molar-refractivity contribution in [2.24, 2.45) is 10.1 Å². The van der Waals surface area contributed by atoms with Crippen molar-refractivity contribution in [2.75, 3.05) is 13.2 Å². The second kappa shape index (κ2) is 10.3. The highest BCUT2D eigenvalue weighted by Gasteiger charge is 2.35. The first kappa shape index (κ1) is 22.5. The van der Waals surface area contributed by atoms with Gasteiger partial charge in [0.25, 0.3) is 5.91 Å². The second-order valence-electron chi connectivity index (χ2n) is 7.24. The van der Waals surface area contributed by atoms with Gasteiger partial charge in [0, 0.05) is 0 Å². The summed E-state index contributed by atoms with van der Waals surface area (Å²) in [5.41, 5.74) is 2.01. The van der Waals surface area contributed by atoms with E-state index in [0.717, 1.165) is 34.8 Å². The molecule has 0 saturated heterocycles. The highest BCUT2D eigenvalue weighted by Crippen LogP contribution is 2.29. The molecule has 0 radical (unpaired) electrons. The number of nitrogens with one attached hydrogen (secondary N) is 1. The Hall–Kier alpha value is -3.65. The fraction of sp³-hybridized carbons (Fsp3) is 0.200. The Bertz CT molecular complexity index is 1190. The first-order valence-corrected chi connectivity index (χ1v) is 11.4. The standard InChI is InChI=1S/C25H24N4O3S/c1-3-8-18-10-5-6-12-21(18)32-14-13-31-19-11-7-9-17(15-19)16-20-23(26)29-25(27-24(20)30)33-22(4-2)28-29/h3,5-7,9-12,15-16,26H,1,4,8,13-14H2,2H3/b20-16+,26-23?. The molecule has 0 saturated carbocycles. The van der Waals surface area contributed by atoms with Crippen LogP contribution < -0.4 is 9.47 Å². The van der Waals surface area contributed by atoms with Gasteiger partial charge in [-0.25, -0.2) is 0 Å². The Balaban J connectivity index is 1.40. The van der Waals surface area contributed by atoms with Crippen molar-refractivity contribution in [3.05, 3.63) is 77.9 Å². The monoisotopic (exact) mass is 460 g/mol. The van der Waals surface area contributed by atoms with Crippen LogP contribution in [-0.2, 0) is 11.2 Å². The molecule has 4 rings (SSSR count). The number of aliphatic imine (C=N–C) groups is 1. The number of hydrogen-bond acceptors (Lipinski definition) is 6. The van der Waals surface area contributed by atoms with Crippen LogP contribution in [-0.4, -0.2) is 40.2 Å². The van der Waals surface area contributed by atoms with E-state index >= 15 is 0 Å². The number of fused-ring (bicyclic) bond motifs is 1. The molecule has 0 spiro atoms. The van der Waals surface area contributed by atoms with Gasteiger partial charge < -0.3 is 9.47 Å². The third-order valence-corrected chi connectivity index (χ3v) is 5.97. The molecule has 2 aromatic rings. The van der Waals surface area contributed by atoms with Crippen LogP contribution in [0.2, 0.25) is 0 Å². The minimum Gasteiger partial charge on any atom is -0.490 e. The highest BCUT2D eigenvalue weighted by molar-refractivity contribution is 8.26. The smallest absolute Gasteiger partial charge is 0.283 e. The van der Waals surface area contributed by atoms with Gasteiger partial charge in [-0.05, 0) is 60.0 Å². The van der Waals surface area contributed by atoms with Crippen molar-refractivity contribution in [3.8, 4) is 11.5 Å². The number of nitrogens with zero attached hydrogens (tertiary/aromatic N) is 3. The maximum absolute atomic E-state index is 12.5. The van der Waals surface area contributed by atoms with Crippen molar-refractivity contribution in [1.29, 1.82) is 5.41 Å². The number of amidine groups is 2. The van der Waals surface area contributed by atoms with E-state index in [4.69, 9.17) is 14.9 Å². The number of ether oxygens (including phenoxy) is 2. The molecule has 0 unspecified atom stereocenters. The third-order valence-electron chi connectivity index (χ3n) is 4.91. The van der Waals surface area contributed by atoms with Gasteiger partial charge in [0.15, 0.2) is 5.84 Å². The number of amides is 1. The van der Waals surface area contributed by atoms with Gasteiger partial charge >= 0.3 is 0 Å². The summed E-state index contributed by atoms with van der Waals surface area (Å²) in [6.07, 6.45) is 4.96. The van der Waals surface area contributed by atoms with Gasteiger partial charge in [0.1, 0.15) is 29.8 Å². The molecule has 7 nitrogen and oxygen atoms in total. The molecule has 168 valence electrons. The van der Waals surface area contributed by atoms with Gasteiger partial charge in [-0.1, -0.05) is 43.3 Å². The summed E-state index contributed by atoms with van der Waals surface area (Å²) in [6, 6.07) is 15.2. The maximum atomic E-state index is 12.5. The molecule has 33 heavy (non-hydrogen) atoms. The zero-order chi connectivity index (χ0) is 23.2. The first-order chi connectivity index (χ1) is 16.1. The summed E-state index contributed by atoms with van der Waals surface area (Å²) in [6.45, 7) is 6.51. The average molecular weight is 461 g/mol. The van der Waals surface area contributed by atoms with E-state index in [2.05, 4.69) is 16.7 Å². The van der Waals surface area contributed by atoms with Crippen LogP contribution in [0.25, 0.3) is 6.08 Å². The number of allylic oxidation sites excluding steroid dienone is 1. The van der Waals surface area contributed by atoms with Crippen LogP contribution in [0.4, 0.5) is 0 Å². The summed E-state index contributed by atoms with van der Waals surface area (Å²) in [5, 5.41) is 15.5. The molecule has 8 heteroatoms. The van der Waals surface area contributed by atoms with E-state index in [1.165, 1.54) is 16.8 Å². The van der Waals surface area contributed by atoms with Crippen molar-refractivity contribution >= 4 is 39.8 Å². The Labute approximate surface area is 197 Å². The number of carbonyl (C=O) groups is 1. The van der Waals surface area contributed by atoms with E-state index in [9.17, 15) is 4.79 Å². The number of hydrogen-bond donors (Lipinski definition) is 1. The van der Waals surface area contributed by atoms with Crippen molar-refractivity contribution < 1.29 is 14.3 Å². The summed E-state index contributed by atoms with van der Waals surface area (Å²) in [7, 11) is 0. The lowest BCUT2D eigenvalue weighted by Gasteiger charge is -2.20. The van der Waals surface area contributed by atoms with Gasteiger partial charge in [0.05, 0.1) is 5.57 Å².